The highest BCUT2D eigenvalue weighted by atomic mass is 32.2. The summed E-state index contributed by atoms with van der Waals surface area (Å²) in [5.41, 5.74) is 0.474. The first-order valence-electron chi connectivity index (χ1n) is 11.9. The standard InChI is InChI=1S/C24H28N4O5S2/c29-21-16-27(35(31,32)22-15-18-8-4-5-9-20(18)33-22)11-12-28(21)19(14-17-6-2-1-3-7-17)23(30)26-24-25-10-13-34-24/h4-5,8-10,13,15,17,19H,1-3,6-7,11-12,14,16H2,(H,25,26,30)/t19-/m0/s1. The second-order valence-electron chi connectivity index (χ2n) is 9.11. The number of anilines is 1. The summed E-state index contributed by atoms with van der Waals surface area (Å²) in [5.74, 6) is -0.292. The van der Waals surface area contributed by atoms with Gasteiger partial charge in [-0.2, -0.15) is 4.31 Å². The number of sulfonamides is 1. The number of hydrogen-bond acceptors (Lipinski definition) is 7. The Kier molecular flexibility index (Phi) is 6.90. The number of nitrogens with zero attached hydrogens (tertiary/aromatic N) is 3. The summed E-state index contributed by atoms with van der Waals surface area (Å²) in [5, 5.41) is 5.61. The van der Waals surface area contributed by atoms with E-state index in [4.69, 9.17) is 4.42 Å². The van der Waals surface area contributed by atoms with Crippen LogP contribution >= 0.6 is 11.3 Å². The minimum atomic E-state index is -3.98. The molecule has 1 aliphatic carbocycles. The molecule has 5 rings (SSSR count). The number of carbonyl (C=O) groups is 2. The number of para-hydroxylation sites is 1. The van der Waals surface area contributed by atoms with Gasteiger partial charge in [0.2, 0.25) is 16.9 Å². The lowest BCUT2D eigenvalue weighted by Crippen LogP contribution is -2.58. The predicted octanol–water partition coefficient (Wildman–Crippen LogP) is 3.70. The molecule has 35 heavy (non-hydrogen) atoms. The van der Waals surface area contributed by atoms with Crippen molar-refractivity contribution in [3.63, 3.8) is 0 Å². The van der Waals surface area contributed by atoms with Crippen LogP contribution in [0.1, 0.15) is 38.5 Å². The molecule has 1 saturated carbocycles. The van der Waals surface area contributed by atoms with Crippen LogP contribution in [0.25, 0.3) is 11.0 Å². The number of thiazole rings is 1. The van der Waals surface area contributed by atoms with E-state index in [2.05, 4.69) is 10.3 Å². The molecule has 1 aromatic carbocycles. The molecule has 3 heterocycles. The highest BCUT2D eigenvalue weighted by Crippen LogP contribution is 2.31. The van der Waals surface area contributed by atoms with Crippen molar-refractivity contribution in [2.45, 2.75) is 49.7 Å². The number of rotatable bonds is 7. The summed E-state index contributed by atoms with van der Waals surface area (Å²) in [6.07, 6.45) is 7.71. The molecule has 186 valence electrons. The molecule has 2 amide bonds. The normalized spacial score (nSPS) is 19.2. The Morgan fingerprint density at radius 1 is 1.20 bits per heavy atom. The van der Waals surface area contributed by atoms with E-state index in [1.807, 2.05) is 0 Å². The van der Waals surface area contributed by atoms with Crippen LogP contribution in [0.3, 0.4) is 0 Å². The van der Waals surface area contributed by atoms with E-state index in [1.54, 1.807) is 40.7 Å². The molecule has 11 heteroatoms. The lowest BCUT2D eigenvalue weighted by molar-refractivity contribution is -0.142. The second kappa shape index (κ2) is 10.1. The monoisotopic (exact) mass is 516 g/mol. The fourth-order valence-corrected chi connectivity index (χ4v) is 6.86. The van der Waals surface area contributed by atoms with Gasteiger partial charge in [-0.05, 0) is 18.4 Å². The molecule has 1 aliphatic heterocycles. The van der Waals surface area contributed by atoms with E-state index in [0.717, 1.165) is 30.0 Å². The third-order valence-corrected chi connectivity index (χ3v) is 9.23. The van der Waals surface area contributed by atoms with Gasteiger partial charge in [0, 0.05) is 36.1 Å². The molecule has 3 aromatic rings. The van der Waals surface area contributed by atoms with E-state index in [9.17, 15) is 18.0 Å². The largest absolute Gasteiger partial charge is 0.443 e. The minimum absolute atomic E-state index is 0.0941. The van der Waals surface area contributed by atoms with E-state index in [-0.39, 0.29) is 36.5 Å². The summed E-state index contributed by atoms with van der Waals surface area (Å²) in [6.45, 7) is -0.0944. The lowest BCUT2D eigenvalue weighted by atomic mass is 9.84. The van der Waals surface area contributed by atoms with Gasteiger partial charge >= 0.3 is 0 Å². The number of amides is 2. The van der Waals surface area contributed by atoms with E-state index in [0.29, 0.717) is 28.4 Å². The van der Waals surface area contributed by atoms with Crippen LogP contribution in [0, 0.1) is 5.92 Å². The molecular weight excluding hydrogens is 488 g/mol. The van der Waals surface area contributed by atoms with Gasteiger partial charge in [-0.25, -0.2) is 13.4 Å². The minimum Gasteiger partial charge on any atom is -0.443 e. The number of nitrogens with one attached hydrogen (secondary N) is 1. The molecule has 1 atom stereocenters. The first-order valence-corrected chi connectivity index (χ1v) is 14.2. The van der Waals surface area contributed by atoms with Crippen LogP contribution in [0.15, 0.2) is 51.4 Å². The van der Waals surface area contributed by atoms with Gasteiger partial charge in [0.25, 0.3) is 10.0 Å². The predicted molar refractivity (Wildman–Crippen MR) is 132 cm³/mol. The Balaban J connectivity index is 1.33. The number of fused-ring (bicyclic) bond motifs is 1. The number of piperazine rings is 1. The molecular formula is C24H28N4O5S2. The first kappa shape index (κ1) is 24.0. The molecule has 0 unspecified atom stereocenters. The highest BCUT2D eigenvalue weighted by molar-refractivity contribution is 7.89. The van der Waals surface area contributed by atoms with Gasteiger partial charge in [-0.15, -0.1) is 11.3 Å². The maximum atomic E-state index is 13.2. The summed E-state index contributed by atoms with van der Waals surface area (Å²) in [7, 11) is -3.98. The summed E-state index contributed by atoms with van der Waals surface area (Å²) in [6, 6.07) is 7.87. The van der Waals surface area contributed by atoms with Crippen molar-refractivity contribution in [3.8, 4) is 0 Å². The number of carbonyl (C=O) groups excluding carboxylic acids is 2. The molecule has 2 aliphatic rings. The fourth-order valence-electron chi connectivity index (χ4n) is 5.00. The van der Waals surface area contributed by atoms with Gasteiger partial charge < -0.3 is 14.6 Å². The summed E-state index contributed by atoms with van der Waals surface area (Å²) < 4.78 is 33.1. The molecule has 0 bridgehead atoms. The van der Waals surface area contributed by atoms with E-state index in [1.165, 1.54) is 23.8 Å². The molecule has 2 fully saturated rings. The molecule has 1 N–H and O–H groups in total. The van der Waals surface area contributed by atoms with Crippen molar-refractivity contribution in [2.24, 2.45) is 5.92 Å². The Labute approximate surface area is 208 Å². The van der Waals surface area contributed by atoms with Crippen LogP contribution in [0.4, 0.5) is 5.13 Å². The van der Waals surface area contributed by atoms with Crippen molar-refractivity contribution in [1.29, 1.82) is 0 Å². The van der Waals surface area contributed by atoms with Crippen molar-refractivity contribution in [3.05, 3.63) is 41.9 Å². The Bertz CT molecular complexity index is 1270. The number of benzene rings is 1. The zero-order chi connectivity index (χ0) is 24.4. The van der Waals surface area contributed by atoms with Crippen LogP contribution in [-0.4, -0.2) is 60.1 Å². The van der Waals surface area contributed by atoms with Crippen LogP contribution in [0.5, 0.6) is 0 Å². The quantitative estimate of drug-likeness (QED) is 0.512. The number of furan rings is 1. The Hall–Kier alpha value is -2.76. The smallest absolute Gasteiger partial charge is 0.277 e. The maximum Gasteiger partial charge on any atom is 0.277 e. The van der Waals surface area contributed by atoms with Crippen molar-refractivity contribution in [2.75, 3.05) is 25.0 Å². The van der Waals surface area contributed by atoms with Crippen molar-refractivity contribution < 1.29 is 22.4 Å². The highest BCUT2D eigenvalue weighted by Gasteiger charge is 2.40. The van der Waals surface area contributed by atoms with Crippen molar-refractivity contribution >= 4 is 49.3 Å². The van der Waals surface area contributed by atoms with Gasteiger partial charge in [0.05, 0.1) is 6.54 Å². The van der Waals surface area contributed by atoms with Crippen molar-refractivity contribution in [1.82, 2.24) is 14.2 Å². The fraction of sp³-hybridized carbons (Fsp3) is 0.458. The Morgan fingerprint density at radius 3 is 2.71 bits per heavy atom. The van der Waals surface area contributed by atoms with Gasteiger partial charge in [0.15, 0.2) is 5.13 Å². The van der Waals surface area contributed by atoms with Crippen LogP contribution in [-0.2, 0) is 19.6 Å². The number of aromatic nitrogens is 1. The molecule has 0 spiro atoms. The average Bonchev–Trinajstić information content (AvgIpc) is 3.53. The number of hydrogen-bond donors (Lipinski definition) is 1. The van der Waals surface area contributed by atoms with Crippen LogP contribution in [0.2, 0.25) is 0 Å². The van der Waals surface area contributed by atoms with Gasteiger partial charge in [-0.1, -0.05) is 50.3 Å². The maximum absolute atomic E-state index is 13.2. The molecule has 1 saturated heterocycles. The summed E-state index contributed by atoms with van der Waals surface area (Å²) in [4.78, 5) is 32.2. The van der Waals surface area contributed by atoms with Crippen LogP contribution < -0.4 is 5.32 Å². The zero-order valence-corrected chi connectivity index (χ0v) is 20.9. The molecule has 9 nitrogen and oxygen atoms in total. The second-order valence-corrected chi connectivity index (χ2v) is 11.9. The van der Waals surface area contributed by atoms with E-state index < -0.39 is 16.1 Å². The Morgan fingerprint density at radius 2 is 2.00 bits per heavy atom. The SMILES string of the molecule is O=C(Nc1nccs1)[C@H](CC1CCCCC1)N1CCN(S(=O)(=O)c2cc3ccccc3o2)CC1=O. The lowest BCUT2D eigenvalue weighted by Gasteiger charge is -2.39. The zero-order valence-electron chi connectivity index (χ0n) is 19.3. The average molecular weight is 517 g/mol. The van der Waals surface area contributed by atoms with Gasteiger partial charge in [0.1, 0.15) is 11.6 Å². The first-order chi connectivity index (χ1) is 16.9. The third kappa shape index (κ3) is 5.12. The topological polar surface area (TPSA) is 113 Å². The molecule has 2 aromatic heterocycles. The summed E-state index contributed by atoms with van der Waals surface area (Å²) >= 11 is 1.32. The van der Waals surface area contributed by atoms with Gasteiger partial charge in [-0.3, -0.25) is 9.59 Å². The third-order valence-electron chi connectivity index (χ3n) is 6.84. The molecule has 0 radical (unpaired) electrons. The van der Waals surface area contributed by atoms with E-state index >= 15 is 0 Å².